The van der Waals surface area contributed by atoms with Crippen LogP contribution < -0.4 is 0 Å². The van der Waals surface area contributed by atoms with Crippen molar-refractivity contribution in [1.82, 2.24) is 4.90 Å². The Bertz CT molecular complexity index is 159. The van der Waals surface area contributed by atoms with Crippen LogP contribution in [0.15, 0.2) is 0 Å². The van der Waals surface area contributed by atoms with Gasteiger partial charge in [-0.05, 0) is 6.42 Å². The van der Waals surface area contributed by atoms with Gasteiger partial charge in [-0.25, -0.2) is 0 Å². The first-order chi connectivity index (χ1) is 5.79. The van der Waals surface area contributed by atoms with Crippen LogP contribution in [0.25, 0.3) is 0 Å². The van der Waals surface area contributed by atoms with Crippen LogP contribution in [0.2, 0.25) is 0 Å². The Morgan fingerprint density at radius 3 is 2.92 bits per heavy atom. The van der Waals surface area contributed by atoms with E-state index in [1.165, 1.54) is 0 Å². The number of hydrogen-bond acceptors (Lipinski definition) is 2. The molecule has 0 unspecified atom stereocenters. The van der Waals surface area contributed by atoms with Crippen molar-refractivity contribution >= 4 is 5.91 Å². The molecule has 0 saturated carbocycles. The van der Waals surface area contributed by atoms with Crippen LogP contribution in [0.4, 0.5) is 0 Å². The Kier molecular flexibility index (Phi) is 3.53. The summed E-state index contributed by atoms with van der Waals surface area (Å²) >= 11 is 0. The van der Waals surface area contributed by atoms with Gasteiger partial charge in [-0.3, -0.25) is 4.79 Å². The first kappa shape index (κ1) is 9.52. The second kappa shape index (κ2) is 4.45. The number of hydrogen-bond donors (Lipinski definition) is 0. The summed E-state index contributed by atoms with van der Waals surface area (Å²) in [5.74, 6) is 0.283. The van der Waals surface area contributed by atoms with E-state index in [0.29, 0.717) is 19.1 Å². The summed E-state index contributed by atoms with van der Waals surface area (Å²) in [6, 6.07) is 0.356. The van der Waals surface area contributed by atoms with E-state index in [0.717, 1.165) is 19.4 Å². The molecule has 1 aliphatic heterocycles. The predicted molar refractivity (Wildman–Crippen MR) is 46.9 cm³/mol. The van der Waals surface area contributed by atoms with E-state index < -0.39 is 0 Å². The van der Waals surface area contributed by atoms with Gasteiger partial charge in [-0.15, -0.1) is 0 Å². The number of likely N-dealkylation sites (tertiary alicyclic amines) is 1. The van der Waals surface area contributed by atoms with Crippen LogP contribution in [0.3, 0.4) is 0 Å². The van der Waals surface area contributed by atoms with Gasteiger partial charge < -0.3 is 9.64 Å². The lowest BCUT2D eigenvalue weighted by Crippen LogP contribution is -2.54. The molecule has 0 aliphatic carbocycles. The molecule has 1 saturated heterocycles. The molecular weight excluding hydrogens is 154 g/mol. The molecule has 12 heavy (non-hydrogen) atoms. The average Bonchev–Trinajstić information content (AvgIpc) is 2.05. The zero-order valence-electron chi connectivity index (χ0n) is 7.88. The number of nitrogens with zero attached hydrogens (tertiary/aromatic N) is 1. The van der Waals surface area contributed by atoms with Crippen LogP contribution in [-0.4, -0.2) is 37.1 Å². The quantitative estimate of drug-likeness (QED) is 0.578. The highest BCUT2D eigenvalue weighted by molar-refractivity contribution is 5.83. The monoisotopic (exact) mass is 171 g/mol. The van der Waals surface area contributed by atoms with Crippen molar-refractivity contribution in [3.63, 3.8) is 0 Å². The smallest absolute Gasteiger partial charge is 0.225 e. The summed E-state index contributed by atoms with van der Waals surface area (Å²) in [6.07, 6.45) is 2.92. The van der Waals surface area contributed by atoms with Crippen molar-refractivity contribution in [3.05, 3.63) is 0 Å². The maximum atomic E-state index is 11.1. The first-order valence-electron chi connectivity index (χ1n) is 4.58. The highest BCUT2D eigenvalue weighted by Gasteiger charge is 2.34. The fourth-order valence-corrected chi connectivity index (χ4v) is 1.50. The van der Waals surface area contributed by atoms with Gasteiger partial charge in [-0.2, -0.15) is 0 Å². The third kappa shape index (κ3) is 1.97. The lowest BCUT2D eigenvalue weighted by molar-refractivity contribution is -0.148. The number of rotatable bonds is 5. The minimum absolute atomic E-state index is 0.283. The number of amides is 1. The molecule has 0 bridgehead atoms. The molecule has 1 aliphatic rings. The summed E-state index contributed by atoms with van der Waals surface area (Å²) in [7, 11) is 1.68. The van der Waals surface area contributed by atoms with Gasteiger partial charge in [0.1, 0.15) is 0 Å². The SMILES string of the molecule is CCCCN1C(=O)C[C@@H]1COC. The summed E-state index contributed by atoms with van der Waals surface area (Å²) < 4.78 is 5.01. The average molecular weight is 171 g/mol. The molecule has 0 aromatic carbocycles. The molecule has 1 heterocycles. The molecule has 70 valence electrons. The molecule has 3 heteroatoms. The first-order valence-corrected chi connectivity index (χ1v) is 4.58. The van der Waals surface area contributed by atoms with Gasteiger partial charge in [0.2, 0.25) is 5.91 Å². The predicted octanol–water partition coefficient (Wildman–Crippen LogP) is 1.03. The fourth-order valence-electron chi connectivity index (χ4n) is 1.50. The molecule has 0 aromatic rings. The Hall–Kier alpha value is -0.570. The van der Waals surface area contributed by atoms with Gasteiger partial charge in [0, 0.05) is 20.1 Å². The zero-order chi connectivity index (χ0) is 8.97. The molecule has 1 rings (SSSR count). The maximum Gasteiger partial charge on any atom is 0.225 e. The van der Waals surface area contributed by atoms with E-state index in [4.69, 9.17) is 4.74 Å². The van der Waals surface area contributed by atoms with Crippen molar-refractivity contribution in [2.75, 3.05) is 20.3 Å². The zero-order valence-corrected chi connectivity index (χ0v) is 7.88. The van der Waals surface area contributed by atoms with Crippen molar-refractivity contribution in [2.45, 2.75) is 32.2 Å². The molecule has 0 radical (unpaired) electrons. The second-order valence-corrected chi connectivity index (χ2v) is 3.25. The summed E-state index contributed by atoms with van der Waals surface area (Å²) in [6.45, 7) is 3.73. The topological polar surface area (TPSA) is 29.5 Å². The molecule has 1 fully saturated rings. The highest BCUT2D eigenvalue weighted by Crippen LogP contribution is 2.19. The van der Waals surface area contributed by atoms with Crippen LogP contribution in [0, 0.1) is 0 Å². The Morgan fingerprint density at radius 1 is 1.67 bits per heavy atom. The summed E-state index contributed by atoms with van der Waals surface area (Å²) in [5, 5.41) is 0. The molecular formula is C9H17NO2. The van der Waals surface area contributed by atoms with Gasteiger partial charge in [0.05, 0.1) is 12.6 Å². The number of carbonyl (C=O) groups is 1. The van der Waals surface area contributed by atoms with E-state index in [2.05, 4.69) is 6.92 Å². The minimum Gasteiger partial charge on any atom is -0.383 e. The van der Waals surface area contributed by atoms with Crippen LogP contribution in [0.5, 0.6) is 0 Å². The van der Waals surface area contributed by atoms with Gasteiger partial charge in [0.15, 0.2) is 0 Å². The number of ether oxygens (including phenoxy) is 1. The molecule has 0 N–H and O–H groups in total. The van der Waals surface area contributed by atoms with Crippen molar-refractivity contribution in [2.24, 2.45) is 0 Å². The van der Waals surface area contributed by atoms with E-state index in [1.807, 2.05) is 4.90 Å². The number of carbonyl (C=O) groups excluding carboxylic acids is 1. The Labute approximate surface area is 73.7 Å². The highest BCUT2D eigenvalue weighted by atomic mass is 16.5. The standard InChI is InChI=1S/C9H17NO2/c1-3-4-5-10-8(7-12-2)6-9(10)11/h8H,3-7H2,1-2H3/t8-/m1/s1. The number of methoxy groups -OCH3 is 1. The molecule has 3 nitrogen and oxygen atoms in total. The van der Waals surface area contributed by atoms with Crippen molar-refractivity contribution in [3.8, 4) is 0 Å². The van der Waals surface area contributed by atoms with Crippen LogP contribution in [-0.2, 0) is 9.53 Å². The van der Waals surface area contributed by atoms with Crippen molar-refractivity contribution < 1.29 is 9.53 Å². The Balaban J connectivity index is 2.24. The van der Waals surface area contributed by atoms with Gasteiger partial charge in [-0.1, -0.05) is 13.3 Å². The van der Waals surface area contributed by atoms with Gasteiger partial charge >= 0.3 is 0 Å². The fraction of sp³-hybridized carbons (Fsp3) is 0.889. The minimum atomic E-state index is 0.283. The summed E-state index contributed by atoms with van der Waals surface area (Å²) in [4.78, 5) is 13.0. The van der Waals surface area contributed by atoms with Crippen molar-refractivity contribution in [1.29, 1.82) is 0 Å². The molecule has 1 amide bonds. The van der Waals surface area contributed by atoms with Gasteiger partial charge in [0.25, 0.3) is 0 Å². The second-order valence-electron chi connectivity index (χ2n) is 3.25. The number of unbranched alkanes of at least 4 members (excludes halogenated alkanes) is 1. The normalized spacial score (nSPS) is 22.7. The van der Waals surface area contributed by atoms with E-state index in [-0.39, 0.29) is 5.91 Å². The third-order valence-electron chi connectivity index (χ3n) is 2.28. The molecule has 0 aromatic heterocycles. The third-order valence-corrected chi connectivity index (χ3v) is 2.28. The number of β-lactam (4-membered cyclic amide) rings is 1. The molecule has 0 spiro atoms. The largest absolute Gasteiger partial charge is 0.383 e. The van der Waals surface area contributed by atoms with E-state index >= 15 is 0 Å². The maximum absolute atomic E-state index is 11.1. The summed E-state index contributed by atoms with van der Waals surface area (Å²) in [5.41, 5.74) is 0. The lowest BCUT2D eigenvalue weighted by Gasteiger charge is -2.40. The van der Waals surface area contributed by atoms with Crippen LogP contribution in [0.1, 0.15) is 26.2 Å². The Morgan fingerprint density at radius 2 is 2.42 bits per heavy atom. The molecule has 1 atom stereocenters. The van der Waals surface area contributed by atoms with E-state index in [1.54, 1.807) is 7.11 Å². The van der Waals surface area contributed by atoms with Crippen LogP contribution >= 0.6 is 0 Å². The lowest BCUT2D eigenvalue weighted by atomic mass is 10.0. The van der Waals surface area contributed by atoms with E-state index in [9.17, 15) is 4.79 Å².